The van der Waals surface area contributed by atoms with E-state index >= 15 is 0 Å². The van der Waals surface area contributed by atoms with Crippen molar-refractivity contribution in [3.8, 4) is 5.75 Å². The normalized spacial score (nSPS) is 15.5. The number of carbonyl (C=O) groups is 1. The zero-order valence-corrected chi connectivity index (χ0v) is 19.1. The van der Waals surface area contributed by atoms with E-state index in [9.17, 15) is 23.1 Å². The van der Waals surface area contributed by atoms with Crippen molar-refractivity contribution in [1.82, 2.24) is 4.90 Å². The molecular weight excluding hydrogens is 459 g/mol. The molecule has 184 valence electrons. The Hall–Kier alpha value is -3.36. The molecule has 35 heavy (non-hydrogen) atoms. The first kappa shape index (κ1) is 24.8. The van der Waals surface area contributed by atoms with E-state index in [2.05, 4.69) is 11.0 Å². The maximum absolute atomic E-state index is 12.9. The highest BCUT2D eigenvalue weighted by molar-refractivity contribution is 5.88. The van der Waals surface area contributed by atoms with Gasteiger partial charge >= 0.3 is 12.1 Å². The van der Waals surface area contributed by atoms with E-state index in [4.69, 9.17) is 9.47 Å². The third-order valence-corrected chi connectivity index (χ3v) is 5.82. The van der Waals surface area contributed by atoms with Gasteiger partial charge in [0.1, 0.15) is 12.4 Å². The van der Waals surface area contributed by atoms with Crippen LogP contribution in [0.1, 0.15) is 38.2 Å². The molecule has 0 fully saturated rings. The van der Waals surface area contributed by atoms with Gasteiger partial charge in [0.2, 0.25) is 0 Å². The van der Waals surface area contributed by atoms with Gasteiger partial charge in [-0.25, -0.2) is 4.79 Å². The van der Waals surface area contributed by atoms with Crippen LogP contribution in [-0.4, -0.2) is 42.3 Å². The third-order valence-electron chi connectivity index (χ3n) is 5.82. The molecule has 0 amide bonds. The molecule has 8 heteroatoms. The predicted molar refractivity (Wildman–Crippen MR) is 125 cm³/mol. The Bertz CT molecular complexity index is 1160. The molecule has 1 aliphatic rings. The number of carboxylic acids is 1. The molecule has 0 unspecified atom stereocenters. The van der Waals surface area contributed by atoms with Crippen molar-refractivity contribution >= 4 is 5.97 Å². The van der Waals surface area contributed by atoms with Crippen LogP contribution in [0.25, 0.3) is 0 Å². The number of fused-ring (bicyclic) bond motifs is 3. The molecule has 3 aromatic carbocycles. The lowest BCUT2D eigenvalue weighted by atomic mass is 10.00. The summed E-state index contributed by atoms with van der Waals surface area (Å²) in [5.74, 6) is -0.367. The summed E-state index contributed by atoms with van der Waals surface area (Å²) in [7, 11) is 0. The van der Waals surface area contributed by atoms with Crippen LogP contribution in [0.2, 0.25) is 0 Å². The maximum Gasteiger partial charge on any atom is 0.416 e. The molecule has 0 radical (unpaired) electrons. The second kappa shape index (κ2) is 10.9. The molecule has 0 aliphatic carbocycles. The van der Waals surface area contributed by atoms with Gasteiger partial charge in [0.25, 0.3) is 0 Å². The van der Waals surface area contributed by atoms with Gasteiger partial charge in [-0.05, 0) is 52.6 Å². The summed E-state index contributed by atoms with van der Waals surface area (Å²) in [6, 6.07) is 18.1. The second-order valence-corrected chi connectivity index (χ2v) is 8.49. The molecule has 1 aliphatic heterocycles. The van der Waals surface area contributed by atoms with E-state index in [0.717, 1.165) is 34.4 Å². The van der Waals surface area contributed by atoms with E-state index in [0.29, 0.717) is 51.6 Å². The van der Waals surface area contributed by atoms with Gasteiger partial charge in [-0.2, -0.15) is 13.2 Å². The molecule has 0 atom stereocenters. The number of hydrogen-bond donors (Lipinski definition) is 1. The summed E-state index contributed by atoms with van der Waals surface area (Å²) in [5, 5.41) is 9.39. The van der Waals surface area contributed by atoms with Crippen molar-refractivity contribution in [2.75, 3.05) is 26.4 Å². The number of rotatable bonds is 3. The lowest BCUT2D eigenvalue weighted by Crippen LogP contribution is -2.27. The van der Waals surface area contributed by atoms with Crippen molar-refractivity contribution in [2.45, 2.75) is 25.7 Å². The molecule has 1 N–H and O–H groups in total. The molecule has 4 rings (SSSR count). The summed E-state index contributed by atoms with van der Waals surface area (Å²) >= 11 is 0. The molecular formula is C27H26F3NO4. The average Bonchev–Trinajstić information content (AvgIpc) is 2.81. The van der Waals surface area contributed by atoms with Gasteiger partial charge in [-0.3, -0.25) is 4.90 Å². The zero-order chi connectivity index (χ0) is 24.8. The minimum atomic E-state index is -4.36. The molecule has 3 aromatic rings. The Balaban J connectivity index is 1.56. The van der Waals surface area contributed by atoms with Crippen LogP contribution in [0.15, 0.2) is 66.7 Å². The smallest absolute Gasteiger partial charge is 0.416 e. The minimum absolute atomic E-state index is 0.198. The molecule has 1 heterocycles. The van der Waals surface area contributed by atoms with E-state index < -0.39 is 17.7 Å². The predicted octanol–water partition coefficient (Wildman–Crippen LogP) is 5.41. The first-order valence-corrected chi connectivity index (χ1v) is 11.3. The third kappa shape index (κ3) is 6.83. The number of halogens is 3. The standard InChI is InChI=1S/C27H26F3NO4/c28-27(29,30)24-7-4-19(5-8-24)17-31-10-11-34-12-13-35-25-9-6-22(26(32)33)16-23(25)15-20-2-1-3-21(14-20)18-31/h1-9,14,16H,10-13,15,17-18H2,(H,32,33). The summed E-state index contributed by atoms with van der Waals surface area (Å²) in [6.45, 7) is 2.79. The van der Waals surface area contributed by atoms with Crippen LogP contribution in [0.3, 0.4) is 0 Å². The highest BCUT2D eigenvalue weighted by Gasteiger charge is 2.30. The van der Waals surface area contributed by atoms with Crippen LogP contribution < -0.4 is 4.74 Å². The first-order chi connectivity index (χ1) is 16.8. The SMILES string of the molecule is O=C(O)c1ccc2c(c1)Cc1cccc(c1)CN(Cc1ccc(C(F)(F)F)cc1)CCOCCO2. The molecule has 0 spiro atoms. The molecule has 0 saturated heterocycles. The van der Waals surface area contributed by atoms with E-state index in [1.54, 1.807) is 12.1 Å². The molecule has 2 bridgehead atoms. The van der Waals surface area contributed by atoms with Crippen LogP contribution in [-0.2, 0) is 30.4 Å². The quantitative estimate of drug-likeness (QED) is 0.538. The van der Waals surface area contributed by atoms with Gasteiger partial charge < -0.3 is 14.6 Å². The summed E-state index contributed by atoms with van der Waals surface area (Å²) in [4.78, 5) is 13.6. The Labute approximate surface area is 201 Å². The summed E-state index contributed by atoms with van der Waals surface area (Å²) in [6.07, 6.45) is -3.85. The second-order valence-electron chi connectivity index (χ2n) is 8.49. The van der Waals surface area contributed by atoms with Gasteiger partial charge in [-0.1, -0.05) is 36.4 Å². The van der Waals surface area contributed by atoms with Crippen LogP contribution in [0.5, 0.6) is 5.75 Å². The zero-order valence-electron chi connectivity index (χ0n) is 19.1. The van der Waals surface area contributed by atoms with Crippen molar-refractivity contribution < 1.29 is 32.5 Å². The van der Waals surface area contributed by atoms with Crippen molar-refractivity contribution in [3.05, 3.63) is 100 Å². The molecule has 0 saturated carbocycles. The largest absolute Gasteiger partial charge is 0.491 e. The highest BCUT2D eigenvalue weighted by atomic mass is 19.4. The monoisotopic (exact) mass is 485 g/mol. The van der Waals surface area contributed by atoms with E-state index in [1.165, 1.54) is 18.2 Å². The molecule has 5 nitrogen and oxygen atoms in total. The minimum Gasteiger partial charge on any atom is -0.491 e. The Morgan fingerprint density at radius 3 is 2.46 bits per heavy atom. The number of alkyl halides is 3. The number of aromatic carboxylic acids is 1. The lowest BCUT2D eigenvalue weighted by Gasteiger charge is -2.24. The first-order valence-electron chi connectivity index (χ1n) is 11.3. The fraction of sp³-hybridized carbons (Fsp3) is 0.296. The Kier molecular flexibility index (Phi) is 7.73. The van der Waals surface area contributed by atoms with Crippen molar-refractivity contribution in [2.24, 2.45) is 0 Å². The number of nitrogens with zero attached hydrogens (tertiary/aromatic N) is 1. The highest BCUT2D eigenvalue weighted by Crippen LogP contribution is 2.29. The van der Waals surface area contributed by atoms with Crippen LogP contribution in [0, 0.1) is 0 Å². The number of benzene rings is 3. The number of ether oxygens (including phenoxy) is 2. The maximum atomic E-state index is 12.9. The lowest BCUT2D eigenvalue weighted by molar-refractivity contribution is -0.137. The van der Waals surface area contributed by atoms with E-state index in [1.807, 2.05) is 18.2 Å². The van der Waals surface area contributed by atoms with Crippen molar-refractivity contribution in [1.29, 1.82) is 0 Å². The number of carboxylic acid groups (broad SMARTS) is 1. The Morgan fingerprint density at radius 1 is 0.943 bits per heavy atom. The average molecular weight is 486 g/mol. The summed E-state index contributed by atoms with van der Waals surface area (Å²) in [5.41, 5.74) is 3.16. The van der Waals surface area contributed by atoms with Crippen LogP contribution in [0.4, 0.5) is 13.2 Å². The molecule has 0 aromatic heterocycles. The van der Waals surface area contributed by atoms with Gasteiger partial charge in [0.05, 0.1) is 24.3 Å². The Morgan fingerprint density at radius 2 is 1.71 bits per heavy atom. The summed E-state index contributed by atoms with van der Waals surface area (Å²) < 4.78 is 50.3. The fourth-order valence-electron chi connectivity index (χ4n) is 4.09. The van der Waals surface area contributed by atoms with E-state index in [-0.39, 0.29) is 5.56 Å². The van der Waals surface area contributed by atoms with Gasteiger partial charge in [0, 0.05) is 26.1 Å². The van der Waals surface area contributed by atoms with Crippen molar-refractivity contribution in [3.63, 3.8) is 0 Å². The van der Waals surface area contributed by atoms with Gasteiger partial charge in [-0.15, -0.1) is 0 Å². The topological polar surface area (TPSA) is 59.0 Å². The fourth-order valence-corrected chi connectivity index (χ4v) is 4.09. The number of hydrogen-bond acceptors (Lipinski definition) is 4. The van der Waals surface area contributed by atoms with Gasteiger partial charge in [0.15, 0.2) is 0 Å². The van der Waals surface area contributed by atoms with Crippen LogP contribution >= 0.6 is 0 Å².